The molecule has 0 unspecified atom stereocenters. The molecule has 0 saturated carbocycles. The minimum absolute atomic E-state index is 0.100. The van der Waals surface area contributed by atoms with Crippen LogP contribution in [0.3, 0.4) is 0 Å². The average molecular weight is 341 g/mol. The van der Waals surface area contributed by atoms with Gasteiger partial charge in [-0.25, -0.2) is 0 Å². The highest BCUT2D eigenvalue weighted by molar-refractivity contribution is 9.10. The third kappa shape index (κ3) is 6.56. The zero-order valence-electron chi connectivity index (χ0n) is 11.8. The van der Waals surface area contributed by atoms with Crippen molar-refractivity contribution in [2.24, 2.45) is 16.6 Å². The Morgan fingerprint density at radius 2 is 1.85 bits per heavy atom. The van der Waals surface area contributed by atoms with Gasteiger partial charge in [-0.1, -0.05) is 29.8 Å². The fourth-order valence-corrected chi connectivity index (χ4v) is 1.67. The molecule has 0 aliphatic carbocycles. The number of guanidine groups is 1. The number of rotatable bonds is 6. The van der Waals surface area contributed by atoms with Crippen LogP contribution in [-0.2, 0) is 0 Å². The third-order valence-electron chi connectivity index (χ3n) is 2.45. The number of nitrogens with one attached hydrogen (secondary N) is 2. The molecule has 4 N–H and O–H groups in total. The molecule has 0 fully saturated rings. The first-order valence-electron chi connectivity index (χ1n) is 6.56. The molecule has 0 heterocycles. The Kier molecular flexibility index (Phi) is 7.08. The molecule has 0 saturated heterocycles. The number of nitrogens with zero attached hydrogens (tertiary/aromatic N) is 1. The SMILES string of the molecule is CC(C)CN=C(N)NCCNC(=O)c1ccc(Br)cc1. The molecule has 5 nitrogen and oxygen atoms in total. The van der Waals surface area contributed by atoms with Crippen molar-refractivity contribution in [1.82, 2.24) is 10.6 Å². The first-order valence-corrected chi connectivity index (χ1v) is 7.36. The molecule has 6 heteroatoms. The van der Waals surface area contributed by atoms with E-state index in [1.165, 1.54) is 0 Å². The van der Waals surface area contributed by atoms with E-state index < -0.39 is 0 Å². The van der Waals surface area contributed by atoms with Crippen LogP contribution in [0.1, 0.15) is 24.2 Å². The predicted octanol–water partition coefficient (Wildman–Crippen LogP) is 1.74. The first kappa shape index (κ1) is 16.5. The summed E-state index contributed by atoms with van der Waals surface area (Å²) in [5, 5.41) is 5.77. The first-order chi connectivity index (χ1) is 9.49. The van der Waals surface area contributed by atoms with E-state index in [-0.39, 0.29) is 5.91 Å². The second kappa shape index (κ2) is 8.58. The minimum Gasteiger partial charge on any atom is -0.370 e. The summed E-state index contributed by atoms with van der Waals surface area (Å²) in [6, 6.07) is 7.21. The molecule has 1 aromatic rings. The smallest absolute Gasteiger partial charge is 0.251 e. The van der Waals surface area contributed by atoms with Gasteiger partial charge in [-0.15, -0.1) is 0 Å². The van der Waals surface area contributed by atoms with E-state index in [1.807, 2.05) is 12.1 Å². The fourth-order valence-electron chi connectivity index (χ4n) is 1.41. The van der Waals surface area contributed by atoms with Crippen LogP contribution in [0, 0.1) is 5.92 Å². The molecule has 0 aliphatic heterocycles. The van der Waals surface area contributed by atoms with Crippen molar-refractivity contribution in [2.45, 2.75) is 13.8 Å². The number of halogens is 1. The zero-order valence-corrected chi connectivity index (χ0v) is 13.4. The van der Waals surface area contributed by atoms with Crippen molar-refractivity contribution in [3.8, 4) is 0 Å². The Morgan fingerprint density at radius 3 is 2.45 bits per heavy atom. The van der Waals surface area contributed by atoms with E-state index >= 15 is 0 Å². The number of amides is 1. The molecule has 0 atom stereocenters. The highest BCUT2D eigenvalue weighted by atomic mass is 79.9. The number of hydrogen-bond donors (Lipinski definition) is 3. The molecule has 0 aromatic heterocycles. The van der Waals surface area contributed by atoms with Gasteiger partial charge in [-0.05, 0) is 30.2 Å². The summed E-state index contributed by atoms with van der Waals surface area (Å²) < 4.78 is 0.949. The van der Waals surface area contributed by atoms with E-state index in [4.69, 9.17) is 5.73 Å². The molecule has 0 aliphatic rings. The van der Waals surface area contributed by atoms with E-state index in [1.54, 1.807) is 12.1 Å². The van der Waals surface area contributed by atoms with Gasteiger partial charge in [0.1, 0.15) is 0 Å². The van der Waals surface area contributed by atoms with Gasteiger partial charge in [0.2, 0.25) is 0 Å². The molecule has 1 amide bonds. The van der Waals surface area contributed by atoms with Crippen LogP contribution in [0.4, 0.5) is 0 Å². The van der Waals surface area contributed by atoms with Gasteiger partial charge in [0, 0.05) is 29.7 Å². The summed E-state index contributed by atoms with van der Waals surface area (Å²) in [7, 11) is 0. The van der Waals surface area contributed by atoms with Crippen molar-refractivity contribution in [3.63, 3.8) is 0 Å². The maximum Gasteiger partial charge on any atom is 0.251 e. The molecule has 0 spiro atoms. The Morgan fingerprint density at radius 1 is 1.25 bits per heavy atom. The monoisotopic (exact) mass is 340 g/mol. The third-order valence-corrected chi connectivity index (χ3v) is 2.98. The Labute approximate surface area is 128 Å². The quantitative estimate of drug-likeness (QED) is 0.419. The van der Waals surface area contributed by atoms with Crippen molar-refractivity contribution in [1.29, 1.82) is 0 Å². The summed E-state index contributed by atoms with van der Waals surface area (Å²) >= 11 is 3.33. The second-order valence-corrected chi connectivity index (χ2v) is 5.73. The Balaban J connectivity index is 2.25. The summed E-state index contributed by atoms with van der Waals surface area (Å²) in [4.78, 5) is 16.0. The normalized spacial score (nSPS) is 11.5. The fraction of sp³-hybridized carbons (Fsp3) is 0.429. The van der Waals surface area contributed by atoms with Crippen LogP contribution in [0.15, 0.2) is 33.7 Å². The van der Waals surface area contributed by atoms with Gasteiger partial charge in [0.05, 0.1) is 0 Å². The van der Waals surface area contributed by atoms with Crippen LogP contribution in [0.2, 0.25) is 0 Å². The lowest BCUT2D eigenvalue weighted by atomic mass is 10.2. The standard InChI is InChI=1S/C14H21BrN4O/c1-10(2)9-19-14(16)18-8-7-17-13(20)11-3-5-12(15)6-4-11/h3-6,10H,7-9H2,1-2H3,(H,17,20)(H3,16,18,19). The Bertz CT molecular complexity index is 457. The highest BCUT2D eigenvalue weighted by Gasteiger charge is 2.03. The number of aliphatic imine (C=N–C) groups is 1. The van der Waals surface area contributed by atoms with Crippen LogP contribution >= 0.6 is 15.9 Å². The molecular formula is C14H21BrN4O. The van der Waals surface area contributed by atoms with E-state index in [2.05, 4.69) is 45.4 Å². The van der Waals surface area contributed by atoms with Gasteiger partial charge in [-0.2, -0.15) is 0 Å². The van der Waals surface area contributed by atoms with Gasteiger partial charge in [0.15, 0.2) is 5.96 Å². The molecule has 0 radical (unpaired) electrons. The number of benzene rings is 1. The second-order valence-electron chi connectivity index (χ2n) is 4.81. The maximum atomic E-state index is 11.8. The predicted molar refractivity (Wildman–Crippen MR) is 85.8 cm³/mol. The van der Waals surface area contributed by atoms with E-state index in [0.29, 0.717) is 37.1 Å². The minimum atomic E-state index is -0.100. The number of hydrogen-bond acceptors (Lipinski definition) is 2. The molecule has 0 bridgehead atoms. The van der Waals surface area contributed by atoms with Crippen molar-refractivity contribution < 1.29 is 4.79 Å². The average Bonchev–Trinajstić information content (AvgIpc) is 2.42. The van der Waals surface area contributed by atoms with Crippen LogP contribution in [0.5, 0.6) is 0 Å². The topological polar surface area (TPSA) is 79.5 Å². The van der Waals surface area contributed by atoms with Gasteiger partial charge < -0.3 is 16.4 Å². The largest absolute Gasteiger partial charge is 0.370 e. The van der Waals surface area contributed by atoms with Crippen molar-refractivity contribution in [3.05, 3.63) is 34.3 Å². The van der Waals surface area contributed by atoms with Gasteiger partial charge >= 0.3 is 0 Å². The summed E-state index contributed by atoms with van der Waals surface area (Å²) in [5.74, 6) is 0.793. The van der Waals surface area contributed by atoms with Crippen LogP contribution in [-0.4, -0.2) is 31.5 Å². The lowest BCUT2D eigenvalue weighted by Gasteiger charge is -2.08. The summed E-state index contributed by atoms with van der Waals surface area (Å²) in [6.07, 6.45) is 0. The molecule has 20 heavy (non-hydrogen) atoms. The molecule has 1 rings (SSSR count). The van der Waals surface area contributed by atoms with Crippen molar-refractivity contribution >= 4 is 27.8 Å². The Hall–Kier alpha value is -1.56. The lowest BCUT2D eigenvalue weighted by Crippen LogP contribution is -2.38. The zero-order chi connectivity index (χ0) is 15.0. The molecule has 1 aromatic carbocycles. The number of carbonyl (C=O) groups excluding carboxylic acids is 1. The highest BCUT2D eigenvalue weighted by Crippen LogP contribution is 2.10. The number of carbonyl (C=O) groups is 1. The number of nitrogens with two attached hydrogens (primary N) is 1. The van der Waals surface area contributed by atoms with E-state index in [0.717, 1.165) is 4.47 Å². The van der Waals surface area contributed by atoms with Crippen LogP contribution in [0.25, 0.3) is 0 Å². The van der Waals surface area contributed by atoms with Gasteiger partial charge in [0.25, 0.3) is 5.91 Å². The lowest BCUT2D eigenvalue weighted by molar-refractivity contribution is 0.0954. The maximum absolute atomic E-state index is 11.8. The van der Waals surface area contributed by atoms with Gasteiger partial charge in [-0.3, -0.25) is 9.79 Å². The summed E-state index contributed by atoms with van der Waals surface area (Å²) in [5.41, 5.74) is 6.32. The van der Waals surface area contributed by atoms with Crippen molar-refractivity contribution in [2.75, 3.05) is 19.6 Å². The summed E-state index contributed by atoms with van der Waals surface area (Å²) in [6.45, 7) is 5.90. The molecule has 110 valence electrons. The van der Waals surface area contributed by atoms with E-state index in [9.17, 15) is 4.79 Å². The van der Waals surface area contributed by atoms with Crippen LogP contribution < -0.4 is 16.4 Å². The molecular weight excluding hydrogens is 320 g/mol.